The van der Waals surface area contributed by atoms with Crippen LogP contribution in [-0.4, -0.2) is 14.5 Å². The third-order valence-corrected chi connectivity index (χ3v) is 3.81. The maximum atomic E-state index is 6.09. The van der Waals surface area contributed by atoms with Crippen LogP contribution in [0.1, 0.15) is 30.8 Å². The van der Waals surface area contributed by atoms with Crippen molar-refractivity contribution in [1.29, 1.82) is 0 Å². The first-order valence-electron chi connectivity index (χ1n) is 6.77. The van der Waals surface area contributed by atoms with Gasteiger partial charge in [-0.05, 0) is 18.1 Å². The van der Waals surface area contributed by atoms with Gasteiger partial charge in [-0.3, -0.25) is 4.98 Å². The molecule has 0 saturated carbocycles. The lowest BCUT2D eigenvalue weighted by Crippen LogP contribution is -2.12. The molecule has 102 valence electrons. The first kappa shape index (κ1) is 13.1. The smallest absolute Gasteiger partial charge is 0.125 e. The van der Waals surface area contributed by atoms with E-state index in [-0.39, 0.29) is 6.04 Å². The van der Waals surface area contributed by atoms with Gasteiger partial charge in [-0.25, -0.2) is 4.98 Å². The van der Waals surface area contributed by atoms with E-state index in [2.05, 4.69) is 45.7 Å². The molecular weight excluding hydrogens is 270 g/mol. The highest BCUT2D eigenvalue weighted by Gasteiger charge is 2.18. The van der Waals surface area contributed by atoms with Crippen LogP contribution in [-0.2, 0) is 5.88 Å². The van der Waals surface area contributed by atoms with Crippen molar-refractivity contribution in [1.82, 2.24) is 14.5 Å². The molecule has 0 bridgehead atoms. The molecule has 3 nitrogen and oxygen atoms in total. The zero-order valence-electron chi connectivity index (χ0n) is 11.3. The number of halogens is 1. The molecule has 1 atom stereocenters. The Kier molecular flexibility index (Phi) is 3.70. The van der Waals surface area contributed by atoms with E-state index >= 15 is 0 Å². The van der Waals surface area contributed by atoms with E-state index in [4.69, 9.17) is 11.6 Å². The van der Waals surface area contributed by atoms with Crippen LogP contribution in [0.2, 0.25) is 0 Å². The molecule has 0 spiro atoms. The first-order chi connectivity index (χ1) is 9.85. The Labute approximate surface area is 123 Å². The second-order valence-electron chi connectivity index (χ2n) is 4.73. The quantitative estimate of drug-likeness (QED) is 0.674. The summed E-state index contributed by atoms with van der Waals surface area (Å²) in [6, 6.07) is 12.7. The van der Waals surface area contributed by atoms with E-state index in [1.54, 1.807) is 12.4 Å². The zero-order valence-corrected chi connectivity index (χ0v) is 12.1. The molecular formula is C16H16ClN3. The van der Waals surface area contributed by atoms with Crippen molar-refractivity contribution >= 4 is 22.6 Å². The molecule has 0 aliphatic carbocycles. The number of nitrogens with zero attached hydrogens (tertiary/aromatic N) is 3. The minimum Gasteiger partial charge on any atom is -0.319 e. The van der Waals surface area contributed by atoms with Crippen LogP contribution in [0.15, 0.2) is 48.8 Å². The van der Waals surface area contributed by atoms with Crippen LogP contribution in [0, 0.1) is 0 Å². The van der Waals surface area contributed by atoms with Crippen molar-refractivity contribution in [2.45, 2.75) is 25.3 Å². The van der Waals surface area contributed by atoms with Gasteiger partial charge in [0.05, 0.1) is 23.6 Å². The van der Waals surface area contributed by atoms with Gasteiger partial charge in [-0.1, -0.05) is 37.3 Å². The lowest BCUT2D eigenvalue weighted by atomic mass is 10.0. The average Bonchev–Trinajstić information content (AvgIpc) is 2.88. The van der Waals surface area contributed by atoms with Gasteiger partial charge in [0.15, 0.2) is 0 Å². The second kappa shape index (κ2) is 5.63. The molecule has 2 heterocycles. The number of rotatable bonds is 4. The number of aromatic nitrogens is 3. The van der Waals surface area contributed by atoms with Crippen LogP contribution in [0.4, 0.5) is 0 Å². The van der Waals surface area contributed by atoms with Crippen molar-refractivity contribution in [2.75, 3.05) is 0 Å². The van der Waals surface area contributed by atoms with Gasteiger partial charge >= 0.3 is 0 Å². The number of benzene rings is 1. The highest BCUT2D eigenvalue weighted by Crippen LogP contribution is 2.28. The molecule has 0 amide bonds. The molecule has 0 aliphatic heterocycles. The second-order valence-corrected chi connectivity index (χ2v) is 5.00. The molecule has 4 heteroatoms. The SMILES string of the molecule is CCC(c1ccccc1)n1c(CCl)nc2cnccc21. The van der Waals surface area contributed by atoms with Crippen molar-refractivity contribution in [3.05, 3.63) is 60.2 Å². The highest BCUT2D eigenvalue weighted by atomic mass is 35.5. The zero-order chi connectivity index (χ0) is 13.9. The fourth-order valence-electron chi connectivity index (χ4n) is 2.69. The Hall–Kier alpha value is -1.87. The molecule has 1 aromatic carbocycles. The first-order valence-corrected chi connectivity index (χ1v) is 7.30. The van der Waals surface area contributed by atoms with E-state index < -0.39 is 0 Å². The summed E-state index contributed by atoms with van der Waals surface area (Å²) in [5, 5.41) is 0. The fourth-order valence-corrected chi connectivity index (χ4v) is 2.87. The number of fused-ring (bicyclic) bond motifs is 1. The molecule has 0 saturated heterocycles. The summed E-state index contributed by atoms with van der Waals surface area (Å²) in [6.45, 7) is 2.18. The minimum absolute atomic E-state index is 0.248. The van der Waals surface area contributed by atoms with E-state index in [0.717, 1.165) is 23.3 Å². The summed E-state index contributed by atoms with van der Waals surface area (Å²) in [4.78, 5) is 8.73. The van der Waals surface area contributed by atoms with Crippen molar-refractivity contribution in [2.24, 2.45) is 0 Å². The van der Waals surface area contributed by atoms with Gasteiger partial charge in [-0.2, -0.15) is 0 Å². The predicted octanol–water partition coefficient (Wildman–Crippen LogP) is 4.17. The average molecular weight is 286 g/mol. The molecule has 3 aromatic rings. The minimum atomic E-state index is 0.248. The Morgan fingerprint density at radius 1 is 1.20 bits per heavy atom. The summed E-state index contributed by atoms with van der Waals surface area (Å²) in [5.74, 6) is 1.29. The van der Waals surface area contributed by atoms with Crippen LogP contribution < -0.4 is 0 Å². The monoisotopic (exact) mass is 285 g/mol. The molecule has 1 unspecified atom stereocenters. The molecule has 20 heavy (non-hydrogen) atoms. The number of pyridine rings is 1. The topological polar surface area (TPSA) is 30.7 Å². The highest BCUT2D eigenvalue weighted by molar-refractivity contribution is 6.16. The largest absolute Gasteiger partial charge is 0.319 e. The standard InChI is InChI=1S/C16H16ClN3/c1-2-14(12-6-4-3-5-7-12)20-15-8-9-18-11-13(15)19-16(20)10-17/h3-9,11,14H,2,10H2,1H3. The maximum Gasteiger partial charge on any atom is 0.125 e. The number of imidazole rings is 1. The Bertz CT molecular complexity index is 706. The van der Waals surface area contributed by atoms with Gasteiger partial charge in [0.25, 0.3) is 0 Å². The third kappa shape index (κ3) is 2.18. The Balaban J connectivity index is 2.21. The third-order valence-electron chi connectivity index (χ3n) is 3.57. The number of hydrogen-bond donors (Lipinski definition) is 0. The van der Waals surface area contributed by atoms with Crippen LogP contribution in [0.25, 0.3) is 11.0 Å². The number of alkyl halides is 1. The lowest BCUT2D eigenvalue weighted by Gasteiger charge is -2.20. The molecule has 0 fully saturated rings. The molecule has 2 aromatic heterocycles. The molecule has 0 aliphatic rings. The fraction of sp³-hybridized carbons (Fsp3) is 0.250. The lowest BCUT2D eigenvalue weighted by molar-refractivity contribution is 0.565. The van der Waals surface area contributed by atoms with Crippen molar-refractivity contribution in [3.8, 4) is 0 Å². The maximum absolute atomic E-state index is 6.09. The van der Waals surface area contributed by atoms with Crippen molar-refractivity contribution in [3.63, 3.8) is 0 Å². The van der Waals surface area contributed by atoms with Gasteiger partial charge < -0.3 is 4.57 Å². The number of hydrogen-bond acceptors (Lipinski definition) is 2. The van der Waals surface area contributed by atoms with E-state index in [9.17, 15) is 0 Å². The van der Waals surface area contributed by atoms with Gasteiger partial charge in [-0.15, -0.1) is 11.6 Å². The molecule has 3 rings (SSSR count). The van der Waals surface area contributed by atoms with Crippen molar-refractivity contribution < 1.29 is 0 Å². The predicted molar refractivity (Wildman–Crippen MR) is 82.0 cm³/mol. The summed E-state index contributed by atoms with van der Waals surface area (Å²) < 4.78 is 2.24. The molecule has 0 radical (unpaired) electrons. The van der Waals surface area contributed by atoms with Crippen LogP contribution >= 0.6 is 11.6 Å². The Morgan fingerprint density at radius 2 is 2.00 bits per heavy atom. The molecule has 0 N–H and O–H groups in total. The summed E-state index contributed by atoms with van der Waals surface area (Å²) in [5.41, 5.74) is 3.27. The van der Waals surface area contributed by atoms with Crippen LogP contribution in [0.3, 0.4) is 0 Å². The van der Waals surface area contributed by atoms with E-state index in [0.29, 0.717) is 5.88 Å². The Morgan fingerprint density at radius 3 is 2.70 bits per heavy atom. The summed E-state index contributed by atoms with van der Waals surface area (Å²) in [7, 11) is 0. The van der Waals surface area contributed by atoms with Gasteiger partial charge in [0.1, 0.15) is 11.3 Å². The van der Waals surface area contributed by atoms with E-state index in [1.807, 2.05) is 12.1 Å². The summed E-state index contributed by atoms with van der Waals surface area (Å²) in [6.07, 6.45) is 4.58. The van der Waals surface area contributed by atoms with Gasteiger partial charge in [0, 0.05) is 6.20 Å². The van der Waals surface area contributed by atoms with Gasteiger partial charge in [0.2, 0.25) is 0 Å². The normalized spacial score (nSPS) is 12.7. The summed E-state index contributed by atoms with van der Waals surface area (Å²) >= 11 is 6.09. The van der Waals surface area contributed by atoms with Crippen LogP contribution in [0.5, 0.6) is 0 Å². The van der Waals surface area contributed by atoms with E-state index in [1.165, 1.54) is 5.56 Å².